The first-order valence-electron chi connectivity index (χ1n) is 6.93. The molecule has 3 nitrogen and oxygen atoms in total. The van der Waals surface area contributed by atoms with Gasteiger partial charge in [0.2, 0.25) is 0 Å². The van der Waals surface area contributed by atoms with Crippen molar-refractivity contribution in [2.75, 3.05) is 6.54 Å². The lowest BCUT2D eigenvalue weighted by Gasteiger charge is -2.15. The highest BCUT2D eigenvalue weighted by atomic mass is 15.2. The summed E-state index contributed by atoms with van der Waals surface area (Å²) in [7, 11) is 0. The summed E-state index contributed by atoms with van der Waals surface area (Å²) in [4.78, 5) is 4.92. The summed E-state index contributed by atoms with van der Waals surface area (Å²) in [5, 5.41) is 0. The van der Waals surface area contributed by atoms with Crippen molar-refractivity contribution >= 4 is 11.0 Å². The number of hydrogen-bond donors (Lipinski definition) is 1. The van der Waals surface area contributed by atoms with Gasteiger partial charge in [-0.2, -0.15) is 0 Å². The van der Waals surface area contributed by atoms with Crippen molar-refractivity contribution in [1.29, 1.82) is 0 Å². The molecule has 1 aromatic heterocycles. The van der Waals surface area contributed by atoms with Gasteiger partial charge in [0.15, 0.2) is 0 Å². The molecule has 0 amide bonds. The van der Waals surface area contributed by atoms with E-state index in [1.807, 2.05) is 0 Å². The molecular formula is C15H19N3. The lowest BCUT2D eigenvalue weighted by Crippen LogP contribution is -2.24. The van der Waals surface area contributed by atoms with E-state index < -0.39 is 0 Å². The van der Waals surface area contributed by atoms with Crippen molar-refractivity contribution in [2.45, 2.75) is 44.1 Å². The van der Waals surface area contributed by atoms with E-state index in [0.717, 1.165) is 12.1 Å². The molecule has 0 bridgehead atoms. The molecule has 94 valence electrons. The number of fused-ring (bicyclic) bond motifs is 1. The maximum atomic E-state index is 5.99. The molecule has 0 radical (unpaired) electrons. The first kappa shape index (κ1) is 10.6. The van der Waals surface area contributed by atoms with E-state index in [1.165, 1.54) is 42.6 Å². The van der Waals surface area contributed by atoms with Crippen LogP contribution in [0.4, 0.5) is 0 Å². The molecule has 2 saturated carbocycles. The third-order valence-electron chi connectivity index (χ3n) is 4.48. The van der Waals surface area contributed by atoms with Crippen LogP contribution in [0.15, 0.2) is 18.2 Å². The van der Waals surface area contributed by atoms with E-state index in [2.05, 4.69) is 29.7 Å². The fourth-order valence-corrected chi connectivity index (χ4v) is 2.96. The Hall–Kier alpha value is -1.35. The van der Waals surface area contributed by atoms with Crippen LogP contribution in [0.2, 0.25) is 0 Å². The molecule has 3 heteroatoms. The SMILES string of the molecule is Cc1ccc2c(c1)nc(C1(CN)CC1)n2C1CC1. The van der Waals surface area contributed by atoms with Gasteiger partial charge in [-0.1, -0.05) is 6.07 Å². The van der Waals surface area contributed by atoms with Gasteiger partial charge in [-0.05, 0) is 50.3 Å². The molecule has 18 heavy (non-hydrogen) atoms. The van der Waals surface area contributed by atoms with E-state index >= 15 is 0 Å². The number of nitrogens with two attached hydrogens (primary N) is 1. The zero-order valence-electron chi connectivity index (χ0n) is 10.8. The van der Waals surface area contributed by atoms with Gasteiger partial charge in [0, 0.05) is 18.0 Å². The lowest BCUT2D eigenvalue weighted by atomic mass is 10.1. The molecule has 2 aliphatic carbocycles. The number of hydrogen-bond acceptors (Lipinski definition) is 2. The highest BCUT2D eigenvalue weighted by Crippen LogP contribution is 2.50. The van der Waals surface area contributed by atoms with Gasteiger partial charge in [0.25, 0.3) is 0 Å². The number of aromatic nitrogens is 2. The minimum absolute atomic E-state index is 0.190. The average molecular weight is 241 g/mol. The number of imidazole rings is 1. The van der Waals surface area contributed by atoms with Gasteiger partial charge in [0.1, 0.15) is 5.82 Å². The van der Waals surface area contributed by atoms with E-state index in [0.29, 0.717) is 6.04 Å². The van der Waals surface area contributed by atoms with Crippen molar-refractivity contribution in [3.8, 4) is 0 Å². The highest BCUT2D eigenvalue weighted by molar-refractivity contribution is 5.77. The third-order valence-corrected chi connectivity index (χ3v) is 4.48. The first-order valence-corrected chi connectivity index (χ1v) is 6.93. The molecule has 2 N–H and O–H groups in total. The predicted octanol–water partition coefficient (Wildman–Crippen LogP) is 2.67. The Bertz CT molecular complexity index is 618. The Morgan fingerprint density at radius 3 is 2.78 bits per heavy atom. The summed E-state index contributed by atoms with van der Waals surface area (Å²) in [5.41, 5.74) is 9.92. The van der Waals surface area contributed by atoms with E-state index in [4.69, 9.17) is 10.7 Å². The topological polar surface area (TPSA) is 43.8 Å². The quantitative estimate of drug-likeness (QED) is 0.897. The van der Waals surface area contributed by atoms with Crippen LogP contribution in [0.3, 0.4) is 0 Å². The molecule has 0 unspecified atom stereocenters. The van der Waals surface area contributed by atoms with Crippen LogP contribution in [-0.2, 0) is 5.41 Å². The molecule has 0 atom stereocenters. The smallest absolute Gasteiger partial charge is 0.117 e. The van der Waals surface area contributed by atoms with Gasteiger partial charge >= 0.3 is 0 Å². The summed E-state index contributed by atoms with van der Waals surface area (Å²) >= 11 is 0. The van der Waals surface area contributed by atoms with Crippen LogP contribution in [0, 0.1) is 6.92 Å². The van der Waals surface area contributed by atoms with Crippen LogP contribution in [0.25, 0.3) is 11.0 Å². The van der Waals surface area contributed by atoms with E-state index in [9.17, 15) is 0 Å². The molecular weight excluding hydrogens is 222 g/mol. The molecule has 2 aliphatic rings. The Morgan fingerprint density at radius 1 is 1.39 bits per heavy atom. The summed E-state index contributed by atoms with van der Waals surface area (Å²) < 4.78 is 2.48. The molecule has 4 rings (SSSR count). The molecule has 1 heterocycles. The van der Waals surface area contributed by atoms with Gasteiger partial charge in [-0.25, -0.2) is 4.98 Å². The molecule has 1 aromatic carbocycles. The Balaban J connectivity index is 1.98. The summed E-state index contributed by atoms with van der Waals surface area (Å²) in [5.74, 6) is 1.26. The summed E-state index contributed by atoms with van der Waals surface area (Å²) in [6.07, 6.45) is 5.01. The van der Waals surface area contributed by atoms with Crippen molar-refractivity contribution in [3.05, 3.63) is 29.6 Å². The van der Waals surface area contributed by atoms with Crippen LogP contribution >= 0.6 is 0 Å². The normalized spacial score (nSPS) is 21.4. The molecule has 2 fully saturated rings. The second-order valence-electron chi connectivity index (χ2n) is 6.01. The lowest BCUT2D eigenvalue weighted by molar-refractivity contribution is 0.586. The fourth-order valence-electron chi connectivity index (χ4n) is 2.96. The van der Waals surface area contributed by atoms with Crippen LogP contribution in [0.5, 0.6) is 0 Å². The Labute approximate surface area is 107 Å². The fraction of sp³-hybridized carbons (Fsp3) is 0.533. The standard InChI is InChI=1S/C15H19N3/c1-10-2-5-13-12(8-10)17-14(15(9-16)6-7-15)18(13)11-3-4-11/h2,5,8,11H,3-4,6-7,9,16H2,1H3. The van der Waals surface area contributed by atoms with Crippen LogP contribution in [0.1, 0.15) is 43.1 Å². The van der Waals surface area contributed by atoms with Crippen molar-refractivity contribution in [2.24, 2.45) is 5.73 Å². The monoisotopic (exact) mass is 241 g/mol. The van der Waals surface area contributed by atoms with Gasteiger partial charge in [0.05, 0.1) is 11.0 Å². The van der Waals surface area contributed by atoms with Crippen molar-refractivity contribution in [1.82, 2.24) is 9.55 Å². The minimum atomic E-state index is 0.190. The zero-order chi connectivity index (χ0) is 12.3. The van der Waals surface area contributed by atoms with Gasteiger partial charge in [-0.3, -0.25) is 0 Å². The molecule has 0 spiro atoms. The molecule has 0 saturated heterocycles. The maximum absolute atomic E-state index is 5.99. The average Bonchev–Trinajstić information content (AvgIpc) is 3.27. The summed E-state index contributed by atoms with van der Waals surface area (Å²) in [6.45, 7) is 2.87. The number of aryl methyl sites for hydroxylation is 1. The number of nitrogens with zero attached hydrogens (tertiary/aromatic N) is 2. The minimum Gasteiger partial charge on any atom is -0.329 e. The van der Waals surface area contributed by atoms with Crippen molar-refractivity contribution < 1.29 is 0 Å². The number of rotatable bonds is 3. The second kappa shape index (κ2) is 3.35. The summed E-state index contributed by atoms with van der Waals surface area (Å²) in [6, 6.07) is 7.29. The third kappa shape index (κ3) is 1.37. The Kier molecular flexibility index (Phi) is 1.97. The first-order chi connectivity index (χ1) is 8.73. The van der Waals surface area contributed by atoms with Crippen LogP contribution in [-0.4, -0.2) is 16.1 Å². The highest BCUT2D eigenvalue weighted by Gasteiger charge is 2.48. The van der Waals surface area contributed by atoms with Crippen LogP contribution < -0.4 is 5.73 Å². The maximum Gasteiger partial charge on any atom is 0.117 e. The number of benzene rings is 1. The van der Waals surface area contributed by atoms with Gasteiger partial charge < -0.3 is 10.3 Å². The largest absolute Gasteiger partial charge is 0.329 e. The zero-order valence-corrected chi connectivity index (χ0v) is 10.8. The van der Waals surface area contributed by atoms with E-state index in [-0.39, 0.29) is 5.41 Å². The second-order valence-corrected chi connectivity index (χ2v) is 6.01. The van der Waals surface area contributed by atoms with Crippen molar-refractivity contribution in [3.63, 3.8) is 0 Å². The molecule has 2 aromatic rings. The Morgan fingerprint density at radius 2 is 2.17 bits per heavy atom. The van der Waals surface area contributed by atoms with Gasteiger partial charge in [-0.15, -0.1) is 0 Å². The molecule has 0 aliphatic heterocycles. The van der Waals surface area contributed by atoms with E-state index in [1.54, 1.807) is 0 Å². The predicted molar refractivity (Wildman–Crippen MR) is 72.7 cm³/mol.